The molecule has 1 aliphatic rings. The lowest BCUT2D eigenvalue weighted by Crippen LogP contribution is -2.55. The third-order valence-electron chi connectivity index (χ3n) is 1.80. The first-order valence-electron chi connectivity index (χ1n) is 3.47. The van der Waals surface area contributed by atoms with Crippen LogP contribution in [-0.4, -0.2) is 50.1 Å². The number of halogens is 2. The van der Waals surface area contributed by atoms with Crippen LogP contribution in [-0.2, 0) is 4.74 Å². The van der Waals surface area contributed by atoms with Crippen LogP contribution in [0.5, 0.6) is 0 Å². The summed E-state index contributed by atoms with van der Waals surface area (Å²) < 4.78 is 4.98. The second-order valence-electron chi connectivity index (χ2n) is 2.65. The maximum Gasteiger partial charge on any atom is 0.170 e. The van der Waals surface area contributed by atoms with Gasteiger partial charge in [-0.3, -0.25) is 0 Å². The Hall–Kier alpha value is 0.800. The maximum absolute atomic E-state index is 9.38. The van der Waals surface area contributed by atoms with Crippen LogP contribution in [0, 0.1) is 0 Å². The van der Waals surface area contributed by atoms with Gasteiger partial charge in [0.2, 0.25) is 0 Å². The Kier molecular flexibility index (Phi) is 3.94. The molecule has 6 heteroatoms. The molecule has 12 heavy (non-hydrogen) atoms. The SMILES string of the molecule is O[C@H]1[C@H](O)[C@@H](CBr)O[C@@H](O)[C@@H]1Br. The summed E-state index contributed by atoms with van der Waals surface area (Å²) in [5.41, 5.74) is 0. The van der Waals surface area contributed by atoms with Gasteiger partial charge < -0.3 is 20.1 Å². The molecule has 5 atom stereocenters. The second kappa shape index (κ2) is 4.34. The molecule has 0 radical (unpaired) electrons. The van der Waals surface area contributed by atoms with Crippen LogP contribution < -0.4 is 0 Å². The molecule has 0 unspecified atom stereocenters. The minimum absolute atomic E-state index is 0.377. The highest BCUT2D eigenvalue weighted by atomic mass is 79.9. The third kappa shape index (κ3) is 2.00. The molecule has 0 bridgehead atoms. The van der Waals surface area contributed by atoms with Crippen LogP contribution in [0.1, 0.15) is 0 Å². The van der Waals surface area contributed by atoms with E-state index in [2.05, 4.69) is 31.9 Å². The zero-order valence-corrected chi connectivity index (χ0v) is 9.27. The zero-order valence-electron chi connectivity index (χ0n) is 6.10. The fraction of sp³-hybridized carbons (Fsp3) is 1.00. The smallest absolute Gasteiger partial charge is 0.170 e. The summed E-state index contributed by atoms with van der Waals surface area (Å²) in [7, 11) is 0. The number of ether oxygens (including phenoxy) is 1. The second-order valence-corrected chi connectivity index (χ2v) is 4.35. The summed E-state index contributed by atoms with van der Waals surface area (Å²) >= 11 is 6.12. The first kappa shape index (κ1) is 10.9. The highest BCUT2D eigenvalue weighted by Gasteiger charge is 2.41. The van der Waals surface area contributed by atoms with E-state index in [9.17, 15) is 15.3 Å². The van der Waals surface area contributed by atoms with E-state index in [4.69, 9.17) is 4.74 Å². The fourth-order valence-electron chi connectivity index (χ4n) is 1.04. The Morgan fingerprint density at radius 2 is 1.75 bits per heavy atom. The Bertz CT molecular complexity index is 152. The molecule has 72 valence electrons. The Morgan fingerprint density at radius 1 is 1.17 bits per heavy atom. The third-order valence-corrected chi connectivity index (χ3v) is 3.43. The molecule has 1 fully saturated rings. The number of alkyl halides is 2. The summed E-state index contributed by atoms with van der Waals surface area (Å²) in [5, 5.41) is 28.3. The summed E-state index contributed by atoms with van der Waals surface area (Å²) in [6, 6.07) is 0. The zero-order chi connectivity index (χ0) is 9.30. The van der Waals surface area contributed by atoms with E-state index in [1.807, 2.05) is 0 Å². The molecule has 0 aliphatic carbocycles. The first-order chi connectivity index (χ1) is 5.57. The number of hydrogen-bond donors (Lipinski definition) is 3. The van der Waals surface area contributed by atoms with Crippen molar-refractivity contribution in [1.82, 2.24) is 0 Å². The summed E-state index contributed by atoms with van der Waals surface area (Å²) in [6.07, 6.45) is -3.62. The molecule has 0 amide bonds. The number of rotatable bonds is 1. The van der Waals surface area contributed by atoms with E-state index in [0.29, 0.717) is 5.33 Å². The van der Waals surface area contributed by atoms with E-state index < -0.39 is 29.4 Å². The lowest BCUT2D eigenvalue weighted by Gasteiger charge is -2.37. The minimum atomic E-state index is -1.08. The van der Waals surface area contributed by atoms with Gasteiger partial charge in [0, 0.05) is 5.33 Å². The maximum atomic E-state index is 9.38. The highest BCUT2D eigenvalue weighted by Crippen LogP contribution is 2.25. The Morgan fingerprint density at radius 3 is 2.25 bits per heavy atom. The van der Waals surface area contributed by atoms with Gasteiger partial charge >= 0.3 is 0 Å². The molecule has 0 aromatic heterocycles. The van der Waals surface area contributed by atoms with Gasteiger partial charge in [-0.25, -0.2) is 0 Å². The Labute approximate surface area is 86.8 Å². The summed E-state index contributed by atoms with van der Waals surface area (Å²) in [6.45, 7) is 0. The normalized spacial score (nSPS) is 49.2. The van der Waals surface area contributed by atoms with E-state index in [-0.39, 0.29) is 0 Å². The predicted molar refractivity (Wildman–Crippen MR) is 49.4 cm³/mol. The number of aliphatic hydroxyl groups is 3. The molecular formula is C6H10Br2O4. The number of aliphatic hydroxyl groups excluding tert-OH is 3. The van der Waals surface area contributed by atoms with Crippen LogP contribution in [0.25, 0.3) is 0 Å². The molecule has 0 aromatic rings. The van der Waals surface area contributed by atoms with Gasteiger partial charge in [-0.2, -0.15) is 0 Å². The van der Waals surface area contributed by atoms with Crippen LogP contribution in [0.3, 0.4) is 0 Å². The van der Waals surface area contributed by atoms with E-state index in [1.54, 1.807) is 0 Å². The van der Waals surface area contributed by atoms with Gasteiger partial charge in [0.25, 0.3) is 0 Å². The first-order valence-corrected chi connectivity index (χ1v) is 5.51. The van der Waals surface area contributed by atoms with Crippen molar-refractivity contribution in [2.75, 3.05) is 5.33 Å². The van der Waals surface area contributed by atoms with Gasteiger partial charge in [-0.15, -0.1) is 0 Å². The molecular weight excluding hydrogens is 296 g/mol. The van der Waals surface area contributed by atoms with Crippen molar-refractivity contribution < 1.29 is 20.1 Å². The quantitative estimate of drug-likeness (QED) is 0.576. The van der Waals surface area contributed by atoms with Crippen molar-refractivity contribution in [1.29, 1.82) is 0 Å². The molecule has 1 aliphatic heterocycles. The molecule has 3 N–H and O–H groups in total. The van der Waals surface area contributed by atoms with Gasteiger partial charge in [0.15, 0.2) is 6.29 Å². The van der Waals surface area contributed by atoms with Gasteiger partial charge in [0.1, 0.15) is 6.10 Å². The standard InChI is InChI=1S/C6H10Br2O4/c7-1-2-4(9)5(10)3(8)6(11)12-2/h2-6,9-11H,1H2/t2-,3-,4-,5-,6-/m1/s1. The van der Waals surface area contributed by atoms with Crippen LogP contribution in [0.2, 0.25) is 0 Å². The van der Waals surface area contributed by atoms with Crippen LogP contribution >= 0.6 is 31.9 Å². The lowest BCUT2D eigenvalue weighted by molar-refractivity contribution is -0.218. The summed E-state index contributed by atoms with van der Waals surface area (Å²) in [4.78, 5) is -0.636. The Balaban J connectivity index is 2.63. The minimum Gasteiger partial charge on any atom is -0.389 e. The summed E-state index contributed by atoms with van der Waals surface area (Å²) in [5.74, 6) is 0. The van der Waals surface area contributed by atoms with Crippen molar-refractivity contribution >= 4 is 31.9 Å². The molecule has 4 nitrogen and oxygen atoms in total. The van der Waals surface area contributed by atoms with E-state index in [0.717, 1.165) is 0 Å². The van der Waals surface area contributed by atoms with Crippen molar-refractivity contribution in [3.63, 3.8) is 0 Å². The van der Waals surface area contributed by atoms with Gasteiger partial charge in [0.05, 0.1) is 17.0 Å². The van der Waals surface area contributed by atoms with Crippen LogP contribution in [0.4, 0.5) is 0 Å². The molecule has 1 saturated heterocycles. The fourth-order valence-corrected chi connectivity index (χ4v) is 2.01. The molecule has 0 spiro atoms. The molecule has 1 heterocycles. The molecule has 1 rings (SSSR count). The molecule has 0 aromatic carbocycles. The average molecular weight is 306 g/mol. The predicted octanol–water partition coefficient (Wildman–Crippen LogP) is -0.416. The largest absolute Gasteiger partial charge is 0.389 e. The monoisotopic (exact) mass is 304 g/mol. The van der Waals surface area contributed by atoms with Crippen molar-refractivity contribution in [2.45, 2.75) is 29.4 Å². The average Bonchev–Trinajstić information content (AvgIpc) is 2.08. The van der Waals surface area contributed by atoms with Crippen molar-refractivity contribution in [2.24, 2.45) is 0 Å². The van der Waals surface area contributed by atoms with Crippen molar-refractivity contribution in [3.8, 4) is 0 Å². The van der Waals surface area contributed by atoms with Gasteiger partial charge in [-0.05, 0) is 0 Å². The molecule has 0 saturated carbocycles. The number of hydrogen-bond acceptors (Lipinski definition) is 4. The van der Waals surface area contributed by atoms with E-state index >= 15 is 0 Å². The highest BCUT2D eigenvalue weighted by molar-refractivity contribution is 9.09. The van der Waals surface area contributed by atoms with Crippen molar-refractivity contribution in [3.05, 3.63) is 0 Å². The van der Waals surface area contributed by atoms with Gasteiger partial charge in [-0.1, -0.05) is 31.9 Å². The van der Waals surface area contributed by atoms with E-state index in [1.165, 1.54) is 0 Å². The topological polar surface area (TPSA) is 69.9 Å². The van der Waals surface area contributed by atoms with Crippen LogP contribution in [0.15, 0.2) is 0 Å². The lowest BCUT2D eigenvalue weighted by atomic mass is 10.0.